The lowest BCUT2D eigenvalue weighted by Gasteiger charge is -2.10. The van der Waals surface area contributed by atoms with Gasteiger partial charge in [0.25, 0.3) is 0 Å². The van der Waals surface area contributed by atoms with Crippen LogP contribution in [0, 0.1) is 5.82 Å². The van der Waals surface area contributed by atoms with Crippen LogP contribution in [0.1, 0.15) is 10.4 Å². The lowest BCUT2D eigenvalue weighted by Crippen LogP contribution is -2.03. The van der Waals surface area contributed by atoms with E-state index in [9.17, 15) is 14.3 Å². The Balaban J connectivity index is 1.88. The minimum atomic E-state index is -1.09. The summed E-state index contributed by atoms with van der Waals surface area (Å²) in [5.74, 6) is -1.44. The first-order chi connectivity index (χ1) is 11.5. The fraction of sp³-hybridized carbons (Fsp3) is 0. The minimum Gasteiger partial charge on any atom is -0.478 e. The van der Waals surface area contributed by atoms with Gasteiger partial charge in [-0.15, -0.1) is 0 Å². The van der Waals surface area contributed by atoms with Crippen LogP contribution >= 0.6 is 11.6 Å². The normalized spacial score (nSPS) is 10.4. The van der Waals surface area contributed by atoms with Crippen molar-refractivity contribution in [2.75, 3.05) is 5.32 Å². The number of benzene rings is 2. The molecule has 0 radical (unpaired) electrons. The number of carbonyl (C=O) groups is 1. The van der Waals surface area contributed by atoms with E-state index in [4.69, 9.17) is 11.6 Å². The van der Waals surface area contributed by atoms with Crippen molar-refractivity contribution in [3.63, 3.8) is 0 Å². The van der Waals surface area contributed by atoms with E-state index in [0.29, 0.717) is 27.7 Å². The van der Waals surface area contributed by atoms with Gasteiger partial charge in [-0.05, 0) is 42.5 Å². The number of hydrogen-bond acceptors (Lipinski definition) is 3. The highest BCUT2D eigenvalue weighted by Gasteiger charge is 2.11. The highest BCUT2D eigenvalue weighted by molar-refractivity contribution is 6.31. The fourth-order valence-electron chi connectivity index (χ4n) is 2.25. The number of anilines is 2. The van der Waals surface area contributed by atoms with Gasteiger partial charge < -0.3 is 10.4 Å². The second-order valence-electron chi connectivity index (χ2n) is 5.03. The standard InChI is InChI=1S/C18H12ClFN2O2/c19-11-5-7-17(14(9-11)18(23)24)22-12-6-8-16(21-10-12)13-3-1-2-4-15(13)20/h1-10,22H,(H,23,24). The molecule has 0 amide bonds. The molecule has 1 heterocycles. The second kappa shape index (κ2) is 6.68. The Labute approximate surface area is 142 Å². The number of rotatable bonds is 4. The van der Waals surface area contributed by atoms with E-state index >= 15 is 0 Å². The van der Waals surface area contributed by atoms with Crippen LogP contribution in [0.4, 0.5) is 15.8 Å². The third-order valence-corrected chi connectivity index (χ3v) is 3.64. The van der Waals surface area contributed by atoms with Crippen molar-refractivity contribution in [2.45, 2.75) is 0 Å². The number of aromatic carboxylic acids is 1. The van der Waals surface area contributed by atoms with E-state index in [1.54, 1.807) is 42.5 Å². The largest absolute Gasteiger partial charge is 0.478 e. The number of carboxylic acid groups (broad SMARTS) is 1. The Morgan fingerprint density at radius 3 is 2.58 bits per heavy atom. The highest BCUT2D eigenvalue weighted by Crippen LogP contribution is 2.26. The molecule has 24 heavy (non-hydrogen) atoms. The second-order valence-corrected chi connectivity index (χ2v) is 5.47. The average Bonchev–Trinajstić information content (AvgIpc) is 2.57. The molecule has 120 valence electrons. The van der Waals surface area contributed by atoms with Crippen molar-refractivity contribution in [1.29, 1.82) is 0 Å². The van der Waals surface area contributed by atoms with E-state index in [1.165, 1.54) is 18.3 Å². The summed E-state index contributed by atoms with van der Waals surface area (Å²) in [5.41, 5.74) is 1.93. The van der Waals surface area contributed by atoms with Crippen LogP contribution in [-0.4, -0.2) is 16.1 Å². The minimum absolute atomic E-state index is 0.0562. The first-order valence-electron chi connectivity index (χ1n) is 7.05. The Morgan fingerprint density at radius 1 is 1.12 bits per heavy atom. The van der Waals surface area contributed by atoms with Crippen LogP contribution in [-0.2, 0) is 0 Å². The number of carboxylic acids is 1. The van der Waals surface area contributed by atoms with E-state index in [0.717, 1.165) is 0 Å². The van der Waals surface area contributed by atoms with Gasteiger partial charge in [0.05, 0.1) is 28.8 Å². The van der Waals surface area contributed by atoms with E-state index in [2.05, 4.69) is 10.3 Å². The SMILES string of the molecule is O=C(O)c1cc(Cl)ccc1Nc1ccc(-c2ccccc2F)nc1. The number of nitrogens with one attached hydrogen (secondary N) is 1. The van der Waals surface area contributed by atoms with Gasteiger partial charge in [-0.1, -0.05) is 23.7 Å². The molecule has 4 nitrogen and oxygen atoms in total. The Morgan fingerprint density at radius 2 is 1.92 bits per heavy atom. The quantitative estimate of drug-likeness (QED) is 0.701. The van der Waals surface area contributed by atoms with Crippen molar-refractivity contribution < 1.29 is 14.3 Å². The third kappa shape index (κ3) is 3.36. The van der Waals surface area contributed by atoms with Gasteiger partial charge in [-0.25, -0.2) is 9.18 Å². The summed E-state index contributed by atoms with van der Waals surface area (Å²) in [6.07, 6.45) is 1.52. The van der Waals surface area contributed by atoms with Gasteiger partial charge in [-0.3, -0.25) is 4.98 Å². The number of halogens is 2. The molecule has 0 bridgehead atoms. The zero-order chi connectivity index (χ0) is 17.1. The smallest absolute Gasteiger partial charge is 0.337 e. The summed E-state index contributed by atoms with van der Waals surface area (Å²) in [5, 5.41) is 12.6. The van der Waals surface area contributed by atoms with Crippen LogP contribution in [0.2, 0.25) is 5.02 Å². The first kappa shape index (κ1) is 16.0. The van der Waals surface area contributed by atoms with E-state index in [-0.39, 0.29) is 11.4 Å². The molecule has 1 aromatic heterocycles. The molecule has 0 aliphatic heterocycles. The third-order valence-electron chi connectivity index (χ3n) is 3.40. The maximum absolute atomic E-state index is 13.8. The highest BCUT2D eigenvalue weighted by atomic mass is 35.5. The maximum Gasteiger partial charge on any atom is 0.337 e. The van der Waals surface area contributed by atoms with E-state index in [1.807, 2.05) is 0 Å². The fourth-order valence-corrected chi connectivity index (χ4v) is 2.43. The van der Waals surface area contributed by atoms with Gasteiger partial charge in [0.15, 0.2) is 0 Å². The summed E-state index contributed by atoms with van der Waals surface area (Å²) < 4.78 is 13.8. The molecular weight excluding hydrogens is 331 g/mol. The van der Waals surface area contributed by atoms with Crippen molar-refractivity contribution in [3.05, 3.63) is 77.2 Å². The van der Waals surface area contributed by atoms with Gasteiger partial charge in [-0.2, -0.15) is 0 Å². The molecule has 3 rings (SSSR count). The van der Waals surface area contributed by atoms with Crippen molar-refractivity contribution in [2.24, 2.45) is 0 Å². The molecule has 0 saturated carbocycles. The molecule has 0 unspecified atom stereocenters. The predicted octanol–water partition coefficient (Wildman–Crippen LogP) is 4.98. The lowest BCUT2D eigenvalue weighted by atomic mass is 10.1. The van der Waals surface area contributed by atoms with Gasteiger partial charge in [0.2, 0.25) is 0 Å². The molecule has 0 atom stereocenters. The van der Waals surface area contributed by atoms with Gasteiger partial charge >= 0.3 is 5.97 Å². The maximum atomic E-state index is 13.8. The molecule has 0 spiro atoms. The van der Waals surface area contributed by atoms with Crippen LogP contribution in [0.25, 0.3) is 11.3 Å². The zero-order valence-electron chi connectivity index (χ0n) is 12.3. The Hall–Kier alpha value is -2.92. The van der Waals surface area contributed by atoms with Crippen LogP contribution < -0.4 is 5.32 Å². The summed E-state index contributed by atoms with van der Waals surface area (Å²) in [6, 6.07) is 14.3. The van der Waals surface area contributed by atoms with Gasteiger partial charge in [0, 0.05) is 10.6 Å². The Kier molecular flexibility index (Phi) is 4.44. The molecule has 0 fully saturated rings. The molecule has 2 N–H and O–H groups in total. The molecule has 0 saturated heterocycles. The van der Waals surface area contributed by atoms with Crippen LogP contribution in [0.15, 0.2) is 60.8 Å². The van der Waals surface area contributed by atoms with Gasteiger partial charge in [0.1, 0.15) is 5.82 Å². The van der Waals surface area contributed by atoms with Crippen molar-refractivity contribution >= 4 is 28.9 Å². The average molecular weight is 343 g/mol. The molecule has 0 aliphatic rings. The number of hydrogen-bond donors (Lipinski definition) is 2. The molecular formula is C18H12ClFN2O2. The summed E-state index contributed by atoms with van der Waals surface area (Å²) in [6.45, 7) is 0. The first-order valence-corrected chi connectivity index (χ1v) is 7.43. The molecule has 0 aliphatic carbocycles. The predicted molar refractivity (Wildman–Crippen MR) is 91.3 cm³/mol. The number of nitrogens with zero attached hydrogens (tertiary/aromatic N) is 1. The zero-order valence-corrected chi connectivity index (χ0v) is 13.1. The number of aromatic nitrogens is 1. The topological polar surface area (TPSA) is 62.2 Å². The Bertz CT molecular complexity index is 898. The molecule has 2 aromatic carbocycles. The van der Waals surface area contributed by atoms with E-state index < -0.39 is 5.97 Å². The van der Waals surface area contributed by atoms with Crippen LogP contribution in [0.3, 0.4) is 0 Å². The summed E-state index contributed by atoms with van der Waals surface area (Å²) in [7, 11) is 0. The molecule has 3 aromatic rings. The van der Waals surface area contributed by atoms with Crippen molar-refractivity contribution in [3.8, 4) is 11.3 Å². The lowest BCUT2D eigenvalue weighted by molar-refractivity contribution is 0.0698. The number of pyridine rings is 1. The van der Waals surface area contributed by atoms with Crippen LogP contribution in [0.5, 0.6) is 0 Å². The summed E-state index contributed by atoms with van der Waals surface area (Å²) >= 11 is 5.83. The van der Waals surface area contributed by atoms with Crippen molar-refractivity contribution in [1.82, 2.24) is 4.98 Å². The monoisotopic (exact) mass is 342 g/mol. The summed E-state index contributed by atoms with van der Waals surface area (Å²) in [4.78, 5) is 15.5. The molecule has 6 heteroatoms.